The number of hydrogen-bond donors (Lipinski definition) is 1. The first-order chi connectivity index (χ1) is 10.9. The van der Waals surface area contributed by atoms with Gasteiger partial charge in [0.15, 0.2) is 0 Å². The number of benzene rings is 3. The summed E-state index contributed by atoms with van der Waals surface area (Å²) in [6.07, 6.45) is 1.01. The van der Waals surface area contributed by atoms with Crippen molar-refractivity contribution >= 4 is 10.9 Å². The van der Waals surface area contributed by atoms with E-state index in [2.05, 4.69) is 77.8 Å². The molecular formula is C21H15N. The molecule has 3 aromatic carbocycles. The van der Waals surface area contributed by atoms with Crippen LogP contribution in [-0.4, -0.2) is 4.98 Å². The second kappa shape index (κ2) is 4.35. The van der Waals surface area contributed by atoms with Gasteiger partial charge in [0.2, 0.25) is 0 Å². The van der Waals surface area contributed by atoms with Crippen LogP contribution in [0.1, 0.15) is 11.3 Å². The maximum atomic E-state index is 3.63. The van der Waals surface area contributed by atoms with Gasteiger partial charge in [-0.25, -0.2) is 0 Å². The molecule has 0 aliphatic heterocycles. The standard InChI is InChI=1S/C21H15N/c1-2-7-14(8-3-1)16-11-6-12-18-20(16)21-17-10-5-4-9-15(17)13-19(21)22-18/h1-12,22H,13H2. The molecule has 4 aromatic rings. The average Bonchev–Trinajstić information content (AvgIpc) is 3.10. The Morgan fingerprint density at radius 1 is 0.682 bits per heavy atom. The third kappa shape index (κ3) is 1.54. The number of aromatic amines is 1. The van der Waals surface area contributed by atoms with Crippen LogP contribution in [0.5, 0.6) is 0 Å². The van der Waals surface area contributed by atoms with Crippen molar-refractivity contribution in [2.45, 2.75) is 6.42 Å². The topological polar surface area (TPSA) is 15.8 Å². The predicted molar refractivity (Wildman–Crippen MR) is 92.0 cm³/mol. The fourth-order valence-corrected chi connectivity index (χ4v) is 3.70. The molecule has 0 spiro atoms. The second-order valence-electron chi connectivity index (χ2n) is 5.91. The van der Waals surface area contributed by atoms with Gasteiger partial charge in [-0.2, -0.15) is 0 Å². The van der Waals surface area contributed by atoms with Crippen LogP contribution in [0.15, 0.2) is 72.8 Å². The lowest BCUT2D eigenvalue weighted by Crippen LogP contribution is -1.83. The van der Waals surface area contributed by atoms with E-state index < -0.39 is 0 Å². The molecule has 1 heteroatoms. The van der Waals surface area contributed by atoms with Crippen LogP contribution >= 0.6 is 0 Å². The number of H-pyrrole nitrogens is 1. The van der Waals surface area contributed by atoms with Crippen LogP contribution in [0.25, 0.3) is 33.2 Å². The van der Waals surface area contributed by atoms with Crippen molar-refractivity contribution in [1.29, 1.82) is 0 Å². The van der Waals surface area contributed by atoms with Gasteiger partial charge >= 0.3 is 0 Å². The third-order valence-electron chi connectivity index (χ3n) is 4.64. The number of nitrogens with one attached hydrogen (secondary N) is 1. The van der Waals surface area contributed by atoms with Crippen molar-refractivity contribution in [1.82, 2.24) is 4.98 Å². The van der Waals surface area contributed by atoms with Crippen LogP contribution in [-0.2, 0) is 6.42 Å². The molecule has 1 heterocycles. The molecule has 0 amide bonds. The Kier molecular flexibility index (Phi) is 2.33. The highest BCUT2D eigenvalue weighted by Crippen LogP contribution is 2.44. The van der Waals surface area contributed by atoms with Gasteiger partial charge in [-0.05, 0) is 28.3 Å². The zero-order valence-corrected chi connectivity index (χ0v) is 12.1. The van der Waals surface area contributed by atoms with E-state index in [-0.39, 0.29) is 0 Å². The molecule has 0 atom stereocenters. The van der Waals surface area contributed by atoms with Crippen molar-refractivity contribution in [3.63, 3.8) is 0 Å². The molecule has 0 fully saturated rings. The summed E-state index contributed by atoms with van der Waals surface area (Å²) in [7, 11) is 0. The highest BCUT2D eigenvalue weighted by Gasteiger charge is 2.24. The summed E-state index contributed by atoms with van der Waals surface area (Å²) < 4.78 is 0. The van der Waals surface area contributed by atoms with Crippen molar-refractivity contribution in [3.8, 4) is 22.3 Å². The summed E-state index contributed by atoms with van der Waals surface area (Å²) in [5.41, 5.74) is 9.37. The van der Waals surface area contributed by atoms with E-state index in [1.54, 1.807) is 0 Å². The van der Waals surface area contributed by atoms with E-state index in [0.29, 0.717) is 0 Å². The highest BCUT2D eigenvalue weighted by molar-refractivity contribution is 6.08. The molecule has 1 aromatic heterocycles. The molecule has 0 bridgehead atoms. The lowest BCUT2D eigenvalue weighted by atomic mass is 9.96. The summed E-state index contributed by atoms with van der Waals surface area (Å²) in [5, 5.41) is 1.36. The predicted octanol–water partition coefficient (Wildman–Crippen LogP) is 5.41. The van der Waals surface area contributed by atoms with E-state index in [4.69, 9.17) is 0 Å². The maximum Gasteiger partial charge on any atom is 0.0468 e. The van der Waals surface area contributed by atoms with E-state index in [9.17, 15) is 0 Å². The van der Waals surface area contributed by atoms with Crippen LogP contribution in [0.4, 0.5) is 0 Å². The van der Waals surface area contributed by atoms with Crippen molar-refractivity contribution < 1.29 is 0 Å². The molecule has 0 radical (unpaired) electrons. The smallest absolute Gasteiger partial charge is 0.0468 e. The first-order valence-corrected chi connectivity index (χ1v) is 7.69. The fraction of sp³-hybridized carbons (Fsp3) is 0.0476. The zero-order valence-electron chi connectivity index (χ0n) is 12.1. The molecule has 22 heavy (non-hydrogen) atoms. The van der Waals surface area contributed by atoms with Gasteiger partial charge in [-0.1, -0.05) is 66.7 Å². The molecule has 0 unspecified atom stereocenters. The van der Waals surface area contributed by atoms with Crippen LogP contribution in [0.3, 0.4) is 0 Å². The average molecular weight is 281 g/mol. The SMILES string of the molecule is c1ccc(-c2cccc3[nH]c4c(c23)-c2ccccc2C4)cc1. The molecule has 1 N–H and O–H groups in total. The lowest BCUT2D eigenvalue weighted by Gasteiger charge is -2.07. The molecule has 1 aliphatic carbocycles. The van der Waals surface area contributed by atoms with Crippen molar-refractivity contribution in [3.05, 3.63) is 84.1 Å². The Bertz CT molecular complexity index is 993. The molecule has 0 saturated heterocycles. The third-order valence-corrected chi connectivity index (χ3v) is 4.64. The van der Waals surface area contributed by atoms with Gasteiger partial charge < -0.3 is 4.98 Å². The molecule has 5 rings (SSSR count). The summed E-state index contributed by atoms with van der Waals surface area (Å²) in [5.74, 6) is 0. The Morgan fingerprint density at radius 2 is 1.45 bits per heavy atom. The van der Waals surface area contributed by atoms with E-state index in [1.165, 1.54) is 44.4 Å². The zero-order chi connectivity index (χ0) is 14.5. The second-order valence-corrected chi connectivity index (χ2v) is 5.91. The first-order valence-electron chi connectivity index (χ1n) is 7.69. The molecular weight excluding hydrogens is 266 g/mol. The quantitative estimate of drug-likeness (QED) is 0.423. The molecule has 104 valence electrons. The summed E-state index contributed by atoms with van der Waals surface area (Å²) in [4.78, 5) is 3.63. The monoisotopic (exact) mass is 281 g/mol. The Morgan fingerprint density at radius 3 is 2.36 bits per heavy atom. The van der Waals surface area contributed by atoms with Gasteiger partial charge in [-0.3, -0.25) is 0 Å². The number of rotatable bonds is 1. The molecule has 1 aliphatic rings. The Labute approximate surface area is 129 Å². The van der Waals surface area contributed by atoms with Crippen LogP contribution < -0.4 is 0 Å². The number of fused-ring (bicyclic) bond motifs is 5. The maximum absolute atomic E-state index is 3.63. The fourth-order valence-electron chi connectivity index (χ4n) is 3.70. The normalized spacial score (nSPS) is 12.4. The molecule has 1 nitrogen and oxygen atoms in total. The summed E-state index contributed by atoms with van der Waals surface area (Å²) in [6, 6.07) is 26.0. The Balaban J connectivity index is 1.89. The highest BCUT2D eigenvalue weighted by atomic mass is 14.7. The van der Waals surface area contributed by atoms with Crippen LogP contribution in [0, 0.1) is 0 Å². The first kappa shape index (κ1) is 11.8. The van der Waals surface area contributed by atoms with Crippen molar-refractivity contribution in [2.24, 2.45) is 0 Å². The van der Waals surface area contributed by atoms with Gasteiger partial charge in [-0.15, -0.1) is 0 Å². The Hall–Kier alpha value is -2.80. The number of aromatic nitrogens is 1. The van der Waals surface area contributed by atoms with Crippen molar-refractivity contribution in [2.75, 3.05) is 0 Å². The minimum absolute atomic E-state index is 1.01. The largest absolute Gasteiger partial charge is 0.358 e. The van der Waals surface area contributed by atoms with E-state index >= 15 is 0 Å². The minimum atomic E-state index is 1.01. The molecule has 0 saturated carbocycles. The lowest BCUT2D eigenvalue weighted by molar-refractivity contribution is 1.17. The van der Waals surface area contributed by atoms with Gasteiger partial charge in [0.05, 0.1) is 0 Å². The van der Waals surface area contributed by atoms with Crippen LogP contribution in [0.2, 0.25) is 0 Å². The van der Waals surface area contributed by atoms with E-state index in [1.807, 2.05) is 0 Å². The van der Waals surface area contributed by atoms with Gasteiger partial charge in [0.25, 0.3) is 0 Å². The van der Waals surface area contributed by atoms with Gasteiger partial charge in [0.1, 0.15) is 0 Å². The minimum Gasteiger partial charge on any atom is -0.358 e. The van der Waals surface area contributed by atoms with E-state index in [0.717, 1.165) is 6.42 Å². The number of hydrogen-bond acceptors (Lipinski definition) is 0. The summed E-state index contributed by atoms with van der Waals surface area (Å²) in [6.45, 7) is 0. The summed E-state index contributed by atoms with van der Waals surface area (Å²) >= 11 is 0. The van der Waals surface area contributed by atoms with Gasteiger partial charge in [0, 0.05) is 28.6 Å².